The van der Waals surface area contributed by atoms with Gasteiger partial charge in [-0.1, -0.05) is 26.7 Å². The first-order chi connectivity index (χ1) is 7.97. The van der Waals surface area contributed by atoms with Gasteiger partial charge in [-0.3, -0.25) is 9.35 Å². The van der Waals surface area contributed by atoms with Gasteiger partial charge in [0.15, 0.2) is 0 Å². The summed E-state index contributed by atoms with van der Waals surface area (Å²) in [4.78, 5) is 10.4. The van der Waals surface area contributed by atoms with Gasteiger partial charge in [0.1, 0.15) is 0 Å². The largest absolute Gasteiger partial charge is 0.522 e. The molecular formula is C9H17CrF3O5S. The molecule has 0 aromatic heterocycles. The molecule has 0 aromatic rings. The third kappa shape index (κ3) is 12.5. The minimum absolute atomic E-state index is 0. The molecule has 2 N–H and O–H groups in total. The van der Waals surface area contributed by atoms with E-state index in [4.69, 9.17) is 18.1 Å². The van der Waals surface area contributed by atoms with Crippen molar-refractivity contribution in [2.24, 2.45) is 5.92 Å². The molecule has 0 saturated heterocycles. The molecule has 0 bridgehead atoms. The molecular weight excluding hydrogens is 329 g/mol. The Morgan fingerprint density at radius 1 is 1.26 bits per heavy atom. The molecule has 0 heterocycles. The molecule has 5 nitrogen and oxygen atoms in total. The Hall–Kier alpha value is -0.298. The molecule has 1 unspecified atom stereocenters. The first kappa shape index (κ1) is 23.8. The minimum Gasteiger partial charge on any atom is -0.481 e. The normalized spacial score (nSPS) is 12.7. The number of carbonyl (C=O) groups is 1. The molecule has 0 aromatic carbocycles. The van der Waals surface area contributed by atoms with Crippen molar-refractivity contribution in [3.05, 3.63) is 0 Å². The number of aliphatic carboxylic acids is 1. The molecule has 0 aliphatic rings. The van der Waals surface area contributed by atoms with Crippen molar-refractivity contribution >= 4 is 16.1 Å². The standard InChI is InChI=1S/C8H16O2.CHF3O3S.Cr/c1-3-5-6-7(4-2)8(9)10;2-1(3,4)8(5,6)7;/h7H,3-6H2,1-2H3,(H,9,10);(H,5,6,7);. The second kappa shape index (κ2) is 10.5. The molecule has 1 atom stereocenters. The van der Waals surface area contributed by atoms with Crippen molar-refractivity contribution in [3.8, 4) is 0 Å². The minimum atomic E-state index is -5.84. The fourth-order valence-electron chi connectivity index (χ4n) is 0.953. The van der Waals surface area contributed by atoms with Crippen LogP contribution in [0.2, 0.25) is 0 Å². The van der Waals surface area contributed by atoms with E-state index < -0.39 is 21.6 Å². The van der Waals surface area contributed by atoms with Crippen LogP contribution in [-0.2, 0) is 32.3 Å². The molecule has 0 saturated carbocycles. The van der Waals surface area contributed by atoms with Gasteiger partial charge in [0.05, 0.1) is 5.92 Å². The maximum absolute atomic E-state index is 10.7. The van der Waals surface area contributed by atoms with Crippen molar-refractivity contribution < 1.29 is 53.4 Å². The van der Waals surface area contributed by atoms with Gasteiger partial charge >= 0.3 is 21.6 Å². The van der Waals surface area contributed by atoms with Gasteiger partial charge in [0.25, 0.3) is 0 Å². The SMILES string of the molecule is CCCCC(CC)C(=O)O.O=S(=O)(O)C(F)(F)F.[Cr]. The molecule has 0 spiro atoms. The van der Waals surface area contributed by atoms with Crippen molar-refractivity contribution in [1.29, 1.82) is 0 Å². The summed E-state index contributed by atoms with van der Waals surface area (Å²) in [5.74, 6) is -0.754. The Morgan fingerprint density at radius 2 is 1.63 bits per heavy atom. The van der Waals surface area contributed by atoms with E-state index in [1.807, 2.05) is 6.92 Å². The maximum atomic E-state index is 10.7. The summed E-state index contributed by atoms with van der Waals surface area (Å²) in [5.41, 5.74) is -5.53. The summed E-state index contributed by atoms with van der Waals surface area (Å²) in [6.07, 6.45) is 3.71. The number of unbranched alkanes of at least 4 members (excludes halogenated alkanes) is 1. The van der Waals surface area contributed by atoms with E-state index >= 15 is 0 Å². The number of carboxylic acid groups (broad SMARTS) is 1. The average molecular weight is 346 g/mol. The van der Waals surface area contributed by atoms with Gasteiger partial charge in [0, 0.05) is 17.4 Å². The first-order valence-electron chi connectivity index (χ1n) is 5.23. The summed E-state index contributed by atoms with van der Waals surface area (Å²) < 4.78 is 57.5. The quantitative estimate of drug-likeness (QED) is 0.590. The molecule has 0 amide bonds. The third-order valence-corrected chi connectivity index (χ3v) is 2.63. The Morgan fingerprint density at radius 3 is 1.79 bits per heavy atom. The Kier molecular flexibility index (Phi) is 13.1. The van der Waals surface area contributed by atoms with E-state index in [2.05, 4.69) is 6.92 Å². The van der Waals surface area contributed by atoms with Crippen molar-refractivity contribution in [3.63, 3.8) is 0 Å². The van der Waals surface area contributed by atoms with Crippen LogP contribution in [0.25, 0.3) is 0 Å². The molecule has 0 rings (SSSR count). The second-order valence-corrected chi connectivity index (χ2v) is 4.92. The van der Waals surface area contributed by atoms with E-state index in [-0.39, 0.29) is 23.3 Å². The summed E-state index contributed by atoms with van der Waals surface area (Å²) in [5, 5.41) is 8.60. The van der Waals surface area contributed by atoms with E-state index in [0.29, 0.717) is 0 Å². The number of alkyl halides is 3. The van der Waals surface area contributed by atoms with Crippen LogP contribution in [0.15, 0.2) is 0 Å². The predicted molar refractivity (Wildman–Crippen MR) is 58.5 cm³/mol. The predicted octanol–water partition coefficient (Wildman–Crippen LogP) is 2.68. The van der Waals surface area contributed by atoms with Crippen LogP contribution < -0.4 is 0 Å². The van der Waals surface area contributed by atoms with Gasteiger partial charge in [-0.25, -0.2) is 0 Å². The van der Waals surface area contributed by atoms with Crippen LogP contribution in [-0.4, -0.2) is 29.6 Å². The van der Waals surface area contributed by atoms with Crippen molar-refractivity contribution in [2.75, 3.05) is 0 Å². The third-order valence-electron chi connectivity index (χ3n) is 2.04. The molecule has 0 fully saturated rings. The van der Waals surface area contributed by atoms with Crippen molar-refractivity contribution in [2.45, 2.75) is 45.0 Å². The molecule has 19 heavy (non-hydrogen) atoms. The number of rotatable bonds is 5. The van der Waals surface area contributed by atoms with Gasteiger partial charge < -0.3 is 5.11 Å². The number of carboxylic acids is 1. The summed E-state index contributed by atoms with van der Waals surface area (Å²) >= 11 is 0. The summed E-state index contributed by atoms with van der Waals surface area (Å²) in [6.45, 7) is 4.00. The zero-order chi connectivity index (χ0) is 15.0. The van der Waals surface area contributed by atoms with Crippen LogP contribution in [0, 0.1) is 5.92 Å². The van der Waals surface area contributed by atoms with Gasteiger partial charge in [0.2, 0.25) is 0 Å². The van der Waals surface area contributed by atoms with Crippen LogP contribution in [0.4, 0.5) is 13.2 Å². The molecule has 0 aliphatic heterocycles. The number of halogens is 3. The Labute approximate surface area is 121 Å². The smallest absolute Gasteiger partial charge is 0.481 e. The van der Waals surface area contributed by atoms with E-state index in [0.717, 1.165) is 25.7 Å². The molecule has 116 valence electrons. The monoisotopic (exact) mass is 346 g/mol. The first-order valence-corrected chi connectivity index (χ1v) is 6.67. The number of hydrogen-bond acceptors (Lipinski definition) is 3. The average Bonchev–Trinajstić information content (AvgIpc) is 2.16. The summed E-state index contributed by atoms with van der Waals surface area (Å²) in [6, 6.07) is 0. The summed E-state index contributed by atoms with van der Waals surface area (Å²) in [7, 11) is -5.84. The van der Waals surface area contributed by atoms with E-state index in [1.54, 1.807) is 0 Å². The van der Waals surface area contributed by atoms with Crippen molar-refractivity contribution in [1.82, 2.24) is 0 Å². The van der Waals surface area contributed by atoms with Crippen LogP contribution in [0.3, 0.4) is 0 Å². The number of hydrogen-bond donors (Lipinski definition) is 2. The van der Waals surface area contributed by atoms with Gasteiger partial charge in [-0.15, -0.1) is 0 Å². The van der Waals surface area contributed by atoms with Gasteiger partial charge in [-0.2, -0.15) is 21.6 Å². The fourth-order valence-corrected chi connectivity index (χ4v) is 0.953. The van der Waals surface area contributed by atoms with E-state index in [1.165, 1.54) is 0 Å². The maximum Gasteiger partial charge on any atom is 0.522 e. The zero-order valence-electron chi connectivity index (χ0n) is 10.5. The Balaban J connectivity index is -0.000000262. The topological polar surface area (TPSA) is 91.7 Å². The van der Waals surface area contributed by atoms with Crippen LogP contribution in [0.5, 0.6) is 0 Å². The molecule has 0 aliphatic carbocycles. The Bertz CT molecular complexity index is 342. The van der Waals surface area contributed by atoms with Crippen LogP contribution >= 0.6 is 0 Å². The van der Waals surface area contributed by atoms with Gasteiger partial charge in [-0.05, 0) is 12.8 Å². The van der Waals surface area contributed by atoms with Crippen LogP contribution in [0.1, 0.15) is 39.5 Å². The fraction of sp³-hybridized carbons (Fsp3) is 0.889. The van der Waals surface area contributed by atoms with E-state index in [9.17, 15) is 18.0 Å². The second-order valence-electron chi connectivity index (χ2n) is 3.51. The molecule has 0 radical (unpaired) electrons. The molecule has 10 heteroatoms. The zero-order valence-corrected chi connectivity index (χ0v) is 12.6.